The fourth-order valence-electron chi connectivity index (χ4n) is 2.25. The topological polar surface area (TPSA) is 37.8 Å². The van der Waals surface area contributed by atoms with E-state index in [1.807, 2.05) is 18.8 Å². The highest BCUT2D eigenvalue weighted by molar-refractivity contribution is 7.98. The summed E-state index contributed by atoms with van der Waals surface area (Å²) < 4.78 is 0. The minimum Gasteiger partial charge on any atom is -0.319 e. The van der Waals surface area contributed by atoms with Crippen LogP contribution >= 0.6 is 11.8 Å². The molecule has 1 rings (SSSR count). The molecule has 108 valence electrons. The summed E-state index contributed by atoms with van der Waals surface area (Å²) in [6.07, 6.45) is 2.27. The summed E-state index contributed by atoms with van der Waals surface area (Å²) in [6.45, 7) is 9.73. The third-order valence-corrected chi connectivity index (χ3v) is 4.31. The summed E-state index contributed by atoms with van der Waals surface area (Å²) in [5, 5.41) is 3.23. The van der Waals surface area contributed by atoms with Gasteiger partial charge in [-0.3, -0.25) is 0 Å². The van der Waals surface area contributed by atoms with Crippen molar-refractivity contribution in [3.05, 3.63) is 22.8 Å². The summed E-state index contributed by atoms with van der Waals surface area (Å²) in [5.41, 5.74) is 3.64. The Hall–Kier alpha value is -0.610. The summed E-state index contributed by atoms with van der Waals surface area (Å²) in [6, 6.07) is 0. The third-order valence-electron chi connectivity index (χ3n) is 3.15. The van der Waals surface area contributed by atoms with E-state index in [-0.39, 0.29) is 0 Å². The van der Waals surface area contributed by atoms with Crippen LogP contribution in [0.15, 0.2) is 0 Å². The first-order valence-corrected chi connectivity index (χ1v) is 8.29. The van der Waals surface area contributed by atoms with Crippen molar-refractivity contribution in [2.75, 3.05) is 19.3 Å². The van der Waals surface area contributed by atoms with E-state index in [0.29, 0.717) is 5.92 Å². The Morgan fingerprint density at radius 2 is 1.84 bits per heavy atom. The number of hydrogen-bond donors (Lipinski definition) is 1. The highest BCUT2D eigenvalue weighted by Gasteiger charge is 2.11. The number of hydrogen-bond acceptors (Lipinski definition) is 4. The Labute approximate surface area is 122 Å². The molecule has 0 spiro atoms. The van der Waals surface area contributed by atoms with Crippen molar-refractivity contribution in [1.82, 2.24) is 15.3 Å². The van der Waals surface area contributed by atoms with Crippen LogP contribution in [0.1, 0.15) is 43.0 Å². The molecule has 0 fully saturated rings. The predicted octanol–water partition coefficient (Wildman–Crippen LogP) is 3.13. The van der Waals surface area contributed by atoms with Crippen LogP contribution < -0.4 is 5.32 Å². The van der Waals surface area contributed by atoms with Crippen LogP contribution in [-0.2, 0) is 12.2 Å². The van der Waals surface area contributed by atoms with Gasteiger partial charge in [0.05, 0.1) is 5.75 Å². The van der Waals surface area contributed by atoms with Gasteiger partial charge in [-0.15, -0.1) is 0 Å². The van der Waals surface area contributed by atoms with Crippen LogP contribution in [-0.4, -0.2) is 29.3 Å². The molecule has 0 aliphatic rings. The highest BCUT2D eigenvalue weighted by atomic mass is 32.2. The largest absolute Gasteiger partial charge is 0.319 e. The quantitative estimate of drug-likeness (QED) is 0.743. The summed E-state index contributed by atoms with van der Waals surface area (Å²) in [4.78, 5) is 9.33. The molecule has 4 heteroatoms. The van der Waals surface area contributed by atoms with Crippen LogP contribution in [0, 0.1) is 19.8 Å². The van der Waals surface area contributed by atoms with Crippen molar-refractivity contribution in [2.24, 2.45) is 5.92 Å². The lowest BCUT2D eigenvalue weighted by Gasteiger charge is -2.15. The van der Waals surface area contributed by atoms with E-state index in [2.05, 4.69) is 43.0 Å². The maximum atomic E-state index is 4.67. The number of rotatable bonds is 8. The van der Waals surface area contributed by atoms with Gasteiger partial charge in [-0.2, -0.15) is 11.8 Å². The summed E-state index contributed by atoms with van der Waals surface area (Å²) >= 11 is 1.92. The fraction of sp³-hybridized carbons (Fsp3) is 0.733. The van der Waals surface area contributed by atoms with Gasteiger partial charge in [0.15, 0.2) is 0 Å². The van der Waals surface area contributed by atoms with Gasteiger partial charge in [-0.05, 0) is 57.5 Å². The Balaban J connectivity index is 2.73. The predicted molar refractivity (Wildman–Crippen MR) is 84.8 cm³/mol. The monoisotopic (exact) mass is 281 g/mol. The lowest BCUT2D eigenvalue weighted by molar-refractivity contribution is 0.536. The lowest BCUT2D eigenvalue weighted by atomic mass is 9.99. The van der Waals surface area contributed by atoms with Crippen LogP contribution in [0.5, 0.6) is 0 Å². The molecule has 1 N–H and O–H groups in total. The molecule has 1 aromatic rings. The van der Waals surface area contributed by atoms with E-state index in [1.165, 1.54) is 17.7 Å². The first-order valence-electron chi connectivity index (χ1n) is 7.13. The Bertz CT molecular complexity index is 370. The summed E-state index contributed by atoms with van der Waals surface area (Å²) in [5.74, 6) is 3.72. The van der Waals surface area contributed by atoms with Crippen molar-refractivity contribution in [2.45, 2.75) is 46.3 Å². The molecular weight excluding hydrogens is 254 g/mol. The van der Waals surface area contributed by atoms with E-state index in [9.17, 15) is 0 Å². The van der Waals surface area contributed by atoms with Gasteiger partial charge in [0.25, 0.3) is 0 Å². The second-order valence-corrected chi connectivity index (χ2v) is 6.31. The smallest absolute Gasteiger partial charge is 0.138 e. The van der Waals surface area contributed by atoms with Crippen molar-refractivity contribution >= 4 is 11.8 Å². The van der Waals surface area contributed by atoms with Crippen molar-refractivity contribution in [3.63, 3.8) is 0 Å². The van der Waals surface area contributed by atoms with Gasteiger partial charge in [0.2, 0.25) is 0 Å². The number of nitrogens with one attached hydrogen (secondary N) is 1. The van der Waals surface area contributed by atoms with E-state index < -0.39 is 0 Å². The molecule has 0 aliphatic heterocycles. The third kappa shape index (κ3) is 5.49. The maximum absolute atomic E-state index is 4.67. The fourth-order valence-corrected chi connectivity index (χ4v) is 2.99. The molecule has 0 aromatic carbocycles. The molecule has 0 bridgehead atoms. The SMILES string of the molecule is CCCSCc1nc(C)c(CC(C)CNC)c(C)n1. The molecule has 0 amide bonds. The zero-order valence-corrected chi connectivity index (χ0v) is 13.7. The van der Waals surface area contributed by atoms with Crippen LogP contribution in [0.3, 0.4) is 0 Å². The second-order valence-electron chi connectivity index (χ2n) is 5.21. The molecular formula is C15H27N3S. The molecule has 1 atom stereocenters. The van der Waals surface area contributed by atoms with E-state index in [0.717, 1.165) is 35.9 Å². The molecule has 0 saturated heterocycles. The minimum atomic E-state index is 0.617. The van der Waals surface area contributed by atoms with E-state index >= 15 is 0 Å². The van der Waals surface area contributed by atoms with Crippen LogP contribution in [0.2, 0.25) is 0 Å². The van der Waals surface area contributed by atoms with Gasteiger partial charge in [-0.25, -0.2) is 9.97 Å². The van der Waals surface area contributed by atoms with E-state index in [4.69, 9.17) is 0 Å². The normalized spacial score (nSPS) is 12.7. The first-order chi connectivity index (χ1) is 9.08. The number of aromatic nitrogens is 2. The lowest BCUT2D eigenvalue weighted by Crippen LogP contribution is -2.19. The zero-order chi connectivity index (χ0) is 14.3. The average Bonchev–Trinajstić information content (AvgIpc) is 2.34. The van der Waals surface area contributed by atoms with Gasteiger partial charge < -0.3 is 5.32 Å². The molecule has 0 saturated carbocycles. The Kier molecular flexibility index (Phi) is 7.39. The molecule has 3 nitrogen and oxygen atoms in total. The van der Waals surface area contributed by atoms with Gasteiger partial charge >= 0.3 is 0 Å². The second kappa shape index (κ2) is 8.54. The average molecular weight is 281 g/mol. The molecule has 1 heterocycles. The van der Waals surface area contributed by atoms with Crippen LogP contribution in [0.4, 0.5) is 0 Å². The molecule has 1 aromatic heterocycles. The Morgan fingerprint density at radius 1 is 1.21 bits per heavy atom. The molecule has 0 radical (unpaired) electrons. The van der Waals surface area contributed by atoms with Gasteiger partial charge in [0, 0.05) is 11.4 Å². The van der Waals surface area contributed by atoms with Crippen molar-refractivity contribution < 1.29 is 0 Å². The number of thioether (sulfide) groups is 1. The zero-order valence-electron chi connectivity index (χ0n) is 12.9. The maximum Gasteiger partial charge on any atom is 0.138 e. The van der Waals surface area contributed by atoms with Crippen molar-refractivity contribution in [1.29, 1.82) is 0 Å². The standard InChI is InChI=1S/C15H27N3S/c1-6-7-19-10-15-17-12(3)14(13(4)18-15)8-11(2)9-16-5/h11,16H,6-10H2,1-5H3. The van der Waals surface area contributed by atoms with E-state index in [1.54, 1.807) is 0 Å². The highest BCUT2D eigenvalue weighted by Crippen LogP contribution is 2.17. The van der Waals surface area contributed by atoms with Gasteiger partial charge in [0.1, 0.15) is 5.82 Å². The molecule has 1 unspecified atom stereocenters. The molecule has 0 aliphatic carbocycles. The summed E-state index contributed by atoms with van der Waals surface area (Å²) in [7, 11) is 2.00. The number of nitrogens with zero attached hydrogens (tertiary/aromatic N) is 2. The first kappa shape index (κ1) is 16.4. The van der Waals surface area contributed by atoms with Gasteiger partial charge in [-0.1, -0.05) is 13.8 Å². The van der Waals surface area contributed by atoms with Crippen LogP contribution in [0.25, 0.3) is 0 Å². The Morgan fingerprint density at radius 3 is 2.37 bits per heavy atom. The minimum absolute atomic E-state index is 0.617. The molecule has 19 heavy (non-hydrogen) atoms. The number of aryl methyl sites for hydroxylation is 2. The van der Waals surface area contributed by atoms with Crippen molar-refractivity contribution in [3.8, 4) is 0 Å².